The number of Topliss-reactive ketones (excluding diaryl/α,β-unsaturated/α-hetero) is 1. The Hall–Kier alpha value is -3.13. The fourth-order valence-electron chi connectivity index (χ4n) is 2.51. The van der Waals surface area contributed by atoms with Crippen LogP contribution < -0.4 is 4.74 Å². The molecule has 8 nitrogen and oxygen atoms in total. The van der Waals surface area contributed by atoms with Crippen molar-refractivity contribution in [3.05, 3.63) is 35.4 Å². The summed E-state index contributed by atoms with van der Waals surface area (Å²) in [5, 5.41) is 57.7. The molecular formula is C15H12O8. The first-order chi connectivity index (χ1) is 10.8. The Morgan fingerprint density at radius 3 is 2.09 bits per heavy atom. The standard InChI is InChI=1S/C15H12O8/c16-6-3-7-12(20)11(15(22)23-14(7)10(19)4-6)5-1-8(17)13(21)9(18)2-5/h1-4,11,15-19,21-22H. The first-order valence-electron chi connectivity index (χ1n) is 6.49. The Morgan fingerprint density at radius 1 is 0.870 bits per heavy atom. The van der Waals surface area contributed by atoms with E-state index in [2.05, 4.69) is 0 Å². The zero-order valence-corrected chi connectivity index (χ0v) is 11.5. The molecule has 3 rings (SSSR count). The molecule has 2 unspecified atom stereocenters. The minimum atomic E-state index is -1.70. The van der Waals surface area contributed by atoms with Crippen LogP contribution in [0.25, 0.3) is 0 Å². The molecule has 120 valence electrons. The summed E-state index contributed by atoms with van der Waals surface area (Å²) in [6, 6.07) is 4.02. The lowest BCUT2D eigenvalue weighted by molar-refractivity contribution is -0.0401. The first-order valence-corrected chi connectivity index (χ1v) is 6.49. The maximum absolute atomic E-state index is 12.6. The monoisotopic (exact) mass is 320 g/mol. The number of carbonyl (C=O) groups is 1. The molecular weight excluding hydrogens is 308 g/mol. The van der Waals surface area contributed by atoms with Crippen molar-refractivity contribution in [1.29, 1.82) is 0 Å². The van der Waals surface area contributed by atoms with E-state index in [1.807, 2.05) is 0 Å². The van der Waals surface area contributed by atoms with Crippen LogP contribution >= 0.6 is 0 Å². The highest BCUT2D eigenvalue weighted by Crippen LogP contribution is 2.45. The zero-order valence-electron chi connectivity index (χ0n) is 11.5. The molecule has 0 spiro atoms. The van der Waals surface area contributed by atoms with Crippen molar-refractivity contribution in [2.45, 2.75) is 12.2 Å². The van der Waals surface area contributed by atoms with Crippen molar-refractivity contribution >= 4 is 5.78 Å². The minimum Gasteiger partial charge on any atom is -0.508 e. The van der Waals surface area contributed by atoms with E-state index < -0.39 is 41.0 Å². The number of aliphatic hydroxyl groups excluding tert-OH is 1. The van der Waals surface area contributed by atoms with Crippen molar-refractivity contribution in [2.75, 3.05) is 0 Å². The van der Waals surface area contributed by atoms with E-state index in [4.69, 9.17) is 4.74 Å². The maximum atomic E-state index is 12.6. The van der Waals surface area contributed by atoms with Crippen LogP contribution in [0.5, 0.6) is 34.5 Å². The van der Waals surface area contributed by atoms with Crippen LogP contribution in [0.15, 0.2) is 24.3 Å². The van der Waals surface area contributed by atoms with E-state index in [0.29, 0.717) is 0 Å². The van der Waals surface area contributed by atoms with Crippen LogP contribution in [0, 0.1) is 0 Å². The van der Waals surface area contributed by atoms with Crippen LogP contribution in [0.4, 0.5) is 0 Å². The number of rotatable bonds is 1. The molecule has 0 saturated carbocycles. The smallest absolute Gasteiger partial charge is 0.212 e. The van der Waals surface area contributed by atoms with Crippen molar-refractivity contribution in [2.24, 2.45) is 0 Å². The molecule has 0 saturated heterocycles. The van der Waals surface area contributed by atoms with E-state index in [1.165, 1.54) is 0 Å². The number of ether oxygens (including phenoxy) is 1. The van der Waals surface area contributed by atoms with Crippen molar-refractivity contribution in [3.63, 3.8) is 0 Å². The number of ketones is 1. The molecule has 1 heterocycles. The van der Waals surface area contributed by atoms with Gasteiger partial charge in [-0.15, -0.1) is 0 Å². The second-order valence-corrected chi connectivity index (χ2v) is 5.10. The molecule has 8 heteroatoms. The van der Waals surface area contributed by atoms with Gasteiger partial charge < -0.3 is 35.4 Å². The van der Waals surface area contributed by atoms with E-state index in [1.54, 1.807) is 0 Å². The lowest BCUT2D eigenvalue weighted by Crippen LogP contribution is -2.35. The molecule has 1 aliphatic heterocycles. The van der Waals surface area contributed by atoms with Crippen LogP contribution in [-0.4, -0.2) is 42.7 Å². The summed E-state index contributed by atoms with van der Waals surface area (Å²) in [4.78, 5) is 12.6. The van der Waals surface area contributed by atoms with Crippen LogP contribution in [0.2, 0.25) is 0 Å². The molecule has 0 radical (unpaired) electrons. The average Bonchev–Trinajstić information content (AvgIpc) is 2.46. The fourth-order valence-corrected chi connectivity index (χ4v) is 2.51. The number of hydrogen-bond acceptors (Lipinski definition) is 8. The predicted octanol–water partition coefficient (Wildman–Crippen LogP) is 0.892. The van der Waals surface area contributed by atoms with Gasteiger partial charge in [0.1, 0.15) is 11.7 Å². The highest BCUT2D eigenvalue weighted by molar-refractivity contribution is 6.05. The molecule has 0 aliphatic carbocycles. The second kappa shape index (κ2) is 4.96. The molecule has 2 aromatic rings. The zero-order chi connectivity index (χ0) is 16.9. The Labute approximate surface area is 129 Å². The highest BCUT2D eigenvalue weighted by atomic mass is 16.6. The van der Waals surface area contributed by atoms with Gasteiger partial charge in [-0.05, 0) is 23.8 Å². The maximum Gasteiger partial charge on any atom is 0.212 e. The van der Waals surface area contributed by atoms with Gasteiger partial charge in [0.25, 0.3) is 0 Å². The molecule has 0 fully saturated rings. The summed E-state index contributed by atoms with van der Waals surface area (Å²) < 4.78 is 5.11. The summed E-state index contributed by atoms with van der Waals surface area (Å²) in [5.41, 5.74) is -0.173. The van der Waals surface area contributed by atoms with Gasteiger partial charge in [0.2, 0.25) is 6.29 Å². The number of aromatic hydroxyl groups is 5. The third kappa shape index (κ3) is 2.25. The van der Waals surface area contributed by atoms with Gasteiger partial charge in [-0.25, -0.2) is 0 Å². The van der Waals surface area contributed by atoms with Crippen LogP contribution in [-0.2, 0) is 0 Å². The average molecular weight is 320 g/mol. The number of benzene rings is 2. The molecule has 0 bridgehead atoms. The van der Waals surface area contributed by atoms with Gasteiger partial charge in [0.05, 0.1) is 5.56 Å². The normalized spacial score (nSPS) is 20.0. The first kappa shape index (κ1) is 14.8. The van der Waals surface area contributed by atoms with Crippen LogP contribution in [0.1, 0.15) is 21.8 Å². The highest BCUT2D eigenvalue weighted by Gasteiger charge is 2.39. The molecule has 6 N–H and O–H groups in total. The molecule has 23 heavy (non-hydrogen) atoms. The number of fused-ring (bicyclic) bond motifs is 1. The Bertz CT molecular complexity index is 790. The number of aliphatic hydroxyl groups is 1. The summed E-state index contributed by atoms with van der Waals surface area (Å²) in [6.07, 6.45) is -1.70. The SMILES string of the molecule is O=C1c2cc(O)cc(O)c2OC(O)C1c1cc(O)c(O)c(O)c1. The molecule has 1 aliphatic rings. The van der Waals surface area contributed by atoms with E-state index in [0.717, 1.165) is 24.3 Å². The summed E-state index contributed by atoms with van der Waals surface area (Å²) in [5.74, 6) is -5.30. The third-order valence-corrected chi connectivity index (χ3v) is 3.58. The molecule has 0 amide bonds. The largest absolute Gasteiger partial charge is 0.508 e. The number of carbonyl (C=O) groups excluding carboxylic acids is 1. The van der Waals surface area contributed by atoms with Crippen LogP contribution in [0.3, 0.4) is 0 Å². The topological polar surface area (TPSA) is 148 Å². The van der Waals surface area contributed by atoms with Gasteiger partial charge >= 0.3 is 0 Å². The quantitative estimate of drug-likeness (QED) is 0.424. The molecule has 0 aromatic heterocycles. The van der Waals surface area contributed by atoms with Gasteiger partial charge in [0, 0.05) is 6.07 Å². The molecule has 2 aromatic carbocycles. The van der Waals surface area contributed by atoms with E-state index in [-0.39, 0.29) is 22.6 Å². The van der Waals surface area contributed by atoms with Gasteiger partial charge in [-0.2, -0.15) is 0 Å². The number of hydrogen-bond donors (Lipinski definition) is 6. The lowest BCUT2D eigenvalue weighted by Gasteiger charge is -2.29. The summed E-state index contributed by atoms with van der Waals surface area (Å²) in [7, 11) is 0. The van der Waals surface area contributed by atoms with Crippen molar-refractivity contribution in [3.8, 4) is 34.5 Å². The summed E-state index contributed by atoms with van der Waals surface area (Å²) >= 11 is 0. The van der Waals surface area contributed by atoms with E-state index in [9.17, 15) is 35.4 Å². The predicted molar refractivity (Wildman–Crippen MR) is 74.9 cm³/mol. The van der Waals surface area contributed by atoms with Gasteiger partial charge in [-0.3, -0.25) is 4.79 Å². The van der Waals surface area contributed by atoms with E-state index >= 15 is 0 Å². The number of phenolic OH excluding ortho intramolecular Hbond substituents is 5. The summed E-state index contributed by atoms with van der Waals surface area (Å²) in [6.45, 7) is 0. The Balaban J connectivity index is 2.13. The third-order valence-electron chi connectivity index (χ3n) is 3.58. The van der Waals surface area contributed by atoms with Crippen molar-refractivity contribution in [1.82, 2.24) is 0 Å². The fraction of sp³-hybridized carbons (Fsp3) is 0.133. The van der Waals surface area contributed by atoms with Gasteiger partial charge in [0.15, 0.2) is 34.5 Å². The minimum absolute atomic E-state index is 0.0104. The number of phenols is 5. The Kier molecular flexibility index (Phi) is 3.19. The Morgan fingerprint density at radius 2 is 1.48 bits per heavy atom. The van der Waals surface area contributed by atoms with Gasteiger partial charge in [-0.1, -0.05) is 0 Å². The van der Waals surface area contributed by atoms with Crippen molar-refractivity contribution < 1.29 is 40.2 Å². The second-order valence-electron chi connectivity index (χ2n) is 5.10. The lowest BCUT2D eigenvalue weighted by atomic mass is 9.87. The molecule has 2 atom stereocenters.